The fourth-order valence-electron chi connectivity index (χ4n) is 1.58. The molecule has 2 rings (SSSR count). The van der Waals surface area contributed by atoms with Gasteiger partial charge in [0.15, 0.2) is 0 Å². The van der Waals surface area contributed by atoms with Crippen molar-refractivity contribution < 1.29 is 0 Å². The zero-order chi connectivity index (χ0) is 12.8. The Morgan fingerprint density at radius 2 is 1.89 bits per heavy atom. The van der Waals surface area contributed by atoms with E-state index in [2.05, 4.69) is 33.0 Å². The molecule has 1 aromatic carbocycles. The molecule has 0 unspecified atom stereocenters. The molecule has 0 saturated carbocycles. The largest absolute Gasteiger partial charge is 0.399 e. The number of anilines is 1. The first kappa shape index (κ1) is 13.4. The van der Waals surface area contributed by atoms with Gasteiger partial charge in [-0.2, -0.15) is 0 Å². The van der Waals surface area contributed by atoms with Crippen molar-refractivity contribution in [3.63, 3.8) is 0 Å². The summed E-state index contributed by atoms with van der Waals surface area (Å²) in [6, 6.07) is 12.2. The van der Waals surface area contributed by atoms with Crippen LogP contribution >= 0.6 is 27.7 Å². The van der Waals surface area contributed by atoms with E-state index in [1.165, 1.54) is 5.56 Å². The molecule has 0 spiro atoms. The van der Waals surface area contributed by atoms with E-state index in [1.807, 2.05) is 30.5 Å². The van der Waals surface area contributed by atoms with Gasteiger partial charge in [0.25, 0.3) is 0 Å². The zero-order valence-corrected chi connectivity index (χ0v) is 12.4. The molecule has 0 atom stereocenters. The van der Waals surface area contributed by atoms with Gasteiger partial charge >= 0.3 is 0 Å². The Kier molecular flexibility index (Phi) is 5.08. The van der Waals surface area contributed by atoms with Gasteiger partial charge in [-0.05, 0) is 64.4 Å². The van der Waals surface area contributed by atoms with Crippen LogP contribution in [0.2, 0.25) is 0 Å². The fraction of sp³-hybridized carbons (Fsp3) is 0.214. The van der Waals surface area contributed by atoms with E-state index in [-0.39, 0.29) is 0 Å². The van der Waals surface area contributed by atoms with Crippen LogP contribution in [0.1, 0.15) is 12.0 Å². The summed E-state index contributed by atoms with van der Waals surface area (Å²) in [4.78, 5) is 4.33. The van der Waals surface area contributed by atoms with E-state index < -0.39 is 0 Å². The number of pyridine rings is 1. The highest BCUT2D eigenvalue weighted by atomic mass is 79.9. The van der Waals surface area contributed by atoms with Gasteiger partial charge in [0.05, 0.1) is 5.03 Å². The monoisotopic (exact) mass is 322 g/mol. The third kappa shape index (κ3) is 4.35. The van der Waals surface area contributed by atoms with E-state index in [0.29, 0.717) is 0 Å². The van der Waals surface area contributed by atoms with Gasteiger partial charge in [0, 0.05) is 16.4 Å². The molecule has 2 nitrogen and oxygen atoms in total. The minimum Gasteiger partial charge on any atom is -0.399 e. The summed E-state index contributed by atoms with van der Waals surface area (Å²) in [5, 5.41) is 1.08. The van der Waals surface area contributed by atoms with Crippen LogP contribution in [0.4, 0.5) is 5.69 Å². The van der Waals surface area contributed by atoms with Crippen LogP contribution < -0.4 is 5.73 Å². The van der Waals surface area contributed by atoms with Gasteiger partial charge in [-0.3, -0.25) is 0 Å². The first-order valence-electron chi connectivity index (χ1n) is 5.83. The summed E-state index contributed by atoms with van der Waals surface area (Å²) in [6.45, 7) is 0. The standard InChI is InChI=1S/C14H15BrN2S/c15-12-5-8-14(17-10-12)18-9-1-2-11-3-6-13(16)7-4-11/h3-8,10H,1-2,9,16H2. The predicted molar refractivity (Wildman–Crippen MR) is 81.8 cm³/mol. The first-order valence-corrected chi connectivity index (χ1v) is 7.61. The molecule has 2 aromatic rings. The second-order valence-corrected chi connectivity index (χ2v) is 6.04. The number of nitrogen functional groups attached to an aromatic ring is 1. The number of thioether (sulfide) groups is 1. The number of hydrogen-bond donors (Lipinski definition) is 1. The maximum Gasteiger partial charge on any atom is 0.0960 e. The quantitative estimate of drug-likeness (QED) is 0.510. The molecule has 0 aliphatic heterocycles. The molecule has 0 bridgehead atoms. The lowest BCUT2D eigenvalue weighted by molar-refractivity contribution is 0.931. The lowest BCUT2D eigenvalue weighted by Gasteiger charge is -2.02. The summed E-state index contributed by atoms with van der Waals surface area (Å²) >= 11 is 5.18. The Morgan fingerprint density at radius 3 is 2.56 bits per heavy atom. The van der Waals surface area contributed by atoms with Gasteiger partial charge in [0.2, 0.25) is 0 Å². The number of halogens is 1. The molecule has 2 N–H and O–H groups in total. The lowest BCUT2D eigenvalue weighted by Crippen LogP contribution is -1.90. The Bertz CT molecular complexity index is 435. The second kappa shape index (κ2) is 6.81. The van der Waals surface area contributed by atoms with E-state index in [0.717, 1.165) is 33.8 Å². The Balaban J connectivity index is 1.73. The average molecular weight is 323 g/mol. The first-order chi connectivity index (χ1) is 8.74. The SMILES string of the molecule is Nc1ccc(CCCSc2ccc(Br)cn2)cc1. The highest BCUT2D eigenvalue weighted by Gasteiger charge is 1.97. The van der Waals surface area contributed by atoms with Crippen molar-refractivity contribution in [1.82, 2.24) is 4.98 Å². The number of aryl methyl sites for hydroxylation is 1. The molecular weight excluding hydrogens is 308 g/mol. The molecule has 0 saturated heterocycles. The summed E-state index contributed by atoms with van der Waals surface area (Å²) in [5.74, 6) is 1.08. The van der Waals surface area contributed by atoms with Crippen LogP contribution in [-0.2, 0) is 6.42 Å². The number of rotatable bonds is 5. The lowest BCUT2D eigenvalue weighted by atomic mass is 10.1. The third-order valence-electron chi connectivity index (χ3n) is 2.54. The van der Waals surface area contributed by atoms with E-state index in [1.54, 1.807) is 11.8 Å². The molecule has 1 aromatic heterocycles. The highest BCUT2D eigenvalue weighted by molar-refractivity contribution is 9.10. The molecule has 0 fully saturated rings. The molecular formula is C14H15BrN2S. The van der Waals surface area contributed by atoms with Gasteiger partial charge in [-0.25, -0.2) is 4.98 Å². The summed E-state index contributed by atoms with van der Waals surface area (Å²) < 4.78 is 1.02. The minimum atomic E-state index is 0.826. The Labute approximate surface area is 120 Å². The molecule has 4 heteroatoms. The molecule has 0 radical (unpaired) electrons. The van der Waals surface area contributed by atoms with Gasteiger partial charge < -0.3 is 5.73 Å². The van der Waals surface area contributed by atoms with Crippen molar-refractivity contribution in [2.45, 2.75) is 17.9 Å². The maximum absolute atomic E-state index is 5.65. The summed E-state index contributed by atoms with van der Waals surface area (Å²) in [7, 11) is 0. The maximum atomic E-state index is 5.65. The summed E-state index contributed by atoms with van der Waals surface area (Å²) in [6.07, 6.45) is 4.07. The summed E-state index contributed by atoms with van der Waals surface area (Å²) in [5.41, 5.74) is 7.82. The van der Waals surface area contributed by atoms with Gasteiger partial charge in [-0.15, -0.1) is 11.8 Å². The predicted octanol–water partition coefficient (Wildman–Crippen LogP) is 4.15. The van der Waals surface area contributed by atoms with Crippen molar-refractivity contribution in [2.75, 3.05) is 11.5 Å². The van der Waals surface area contributed by atoms with Crippen LogP contribution in [-0.4, -0.2) is 10.7 Å². The van der Waals surface area contributed by atoms with Crippen LogP contribution in [0.15, 0.2) is 52.1 Å². The van der Waals surface area contributed by atoms with E-state index in [9.17, 15) is 0 Å². The fourth-order valence-corrected chi connectivity index (χ4v) is 2.61. The second-order valence-electron chi connectivity index (χ2n) is 4.01. The molecule has 0 amide bonds. The smallest absolute Gasteiger partial charge is 0.0960 e. The van der Waals surface area contributed by atoms with Crippen LogP contribution in [0.5, 0.6) is 0 Å². The van der Waals surface area contributed by atoms with Crippen molar-refractivity contribution in [3.8, 4) is 0 Å². The molecule has 94 valence electrons. The van der Waals surface area contributed by atoms with Crippen LogP contribution in [0.25, 0.3) is 0 Å². The number of hydrogen-bond acceptors (Lipinski definition) is 3. The number of nitrogens with zero attached hydrogens (tertiary/aromatic N) is 1. The normalized spacial score (nSPS) is 10.5. The third-order valence-corrected chi connectivity index (χ3v) is 4.04. The van der Waals surface area contributed by atoms with Crippen molar-refractivity contribution in [2.24, 2.45) is 0 Å². The Morgan fingerprint density at radius 1 is 1.11 bits per heavy atom. The number of aromatic nitrogens is 1. The topological polar surface area (TPSA) is 38.9 Å². The van der Waals surface area contributed by atoms with Crippen LogP contribution in [0, 0.1) is 0 Å². The molecule has 0 aliphatic carbocycles. The van der Waals surface area contributed by atoms with Gasteiger partial charge in [-0.1, -0.05) is 12.1 Å². The van der Waals surface area contributed by atoms with Crippen molar-refractivity contribution in [1.29, 1.82) is 0 Å². The van der Waals surface area contributed by atoms with E-state index in [4.69, 9.17) is 5.73 Å². The minimum absolute atomic E-state index is 0.826. The molecule has 0 aliphatic rings. The van der Waals surface area contributed by atoms with Crippen LogP contribution in [0.3, 0.4) is 0 Å². The van der Waals surface area contributed by atoms with E-state index >= 15 is 0 Å². The highest BCUT2D eigenvalue weighted by Crippen LogP contribution is 2.19. The van der Waals surface area contributed by atoms with Crippen molar-refractivity contribution in [3.05, 3.63) is 52.6 Å². The average Bonchev–Trinajstić information content (AvgIpc) is 2.39. The van der Waals surface area contributed by atoms with Gasteiger partial charge in [0.1, 0.15) is 0 Å². The number of nitrogens with two attached hydrogens (primary N) is 1. The van der Waals surface area contributed by atoms with Crippen molar-refractivity contribution >= 4 is 33.4 Å². The Hall–Kier alpha value is -1.00. The zero-order valence-electron chi connectivity index (χ0n) is 9.97. The molecule has 18 heavy (non-hydrogen) atoms. The number of benzene rings is 1. The molecule has 1 heterocycles.